The molecule has 1 saturated carbocycles. The standard InChI is InChI=1S/C27H26N4O/c28-17-25-11-9-23(18-29-25)19-4-6-21(7-5-19)27(32)30-24-10-8-20-12-14-31(26-2-1-3-26)15-13-22(20)16-24/h4-11,16,18,26H,1-3,12-15H2,(H,30,32). The zero-order chi connectivity index (χ0) is 21.9. The fourth-order valence-corrected chi connectivity index (χ4v) is 4.59. The van der Waals surface area contributed by atoms with E-state index < -0.39 is 0 Å². The molecule has 1 amide bonds. The number of nitriles is 1. The molecular formula is C27H26N4O. The molecule has 5 heteroatoms. The van der Waals surface area contributed by atoms with Crippen molar-refractivity contribution in [3.05, 3.63) is 83.2 Å². The summed E-state index contributed by atoms with van der Waals surface area (Å²) in [4.78, 5) is 19.6. The first-order valence-electron chi connectivity index (χ1n) is 11.3. The van der Waals surface area contributed by atoms with Gasteiger partial charge in [0.1, 0.15) is 11.8 Å². The van der Waals surface area contributed by atoms with E-state index in [9.17, 15) is 4.79 Å². The highest BCUT2D eigenvalue weighted by Gasteiger charge is 2.26. The summed E-state index contributed by atoms with van der Waals surface area (Å²) in [5.41, 5.74) is 6.49. The van der Waals surface area contributed by atoms with Crippen LogP contribution in [-0.2, 0) is 12.8 Å². The Kier molecular flexibility index (Phi) is 5.70. The molecule has 5 rings (SSSR count). The summed E-state index contributed by atoms with van der Waals surface area (Å²) in [6.07, 6.45) is 7.87. The van der Waals surface area contributed by atoms with Gasteiger partial charge in [-0.3, -0.25) is 9.69 Å². The van der Waals surface area contributed by atoms with Gasteiger partial charge in [-0.15, -0.1) is 0 Å². The van der Waals surface area contributed by atoms with Crippen LogP contribution in [-0.4, -0.2) is 34.9 Å². The molecule has 1 aliphatic carbocycles. The summed E-state index contributed by atoms with van der Waals surface area (Å²) in [7, 11) is 0. The number of benzene rings is 2. The molecule has 2 aromatic carbocycles. The maximum atomic E-state index is 12.8. The van der Waals surface area contributed by atoms with Gasteiger partial charge in [-0.2, -0.15) is 5.26 Å². The van der Waals surface area contributed by atoms with E-state index in [2.05, 4.69) is 27.3 Å². The van der Waals surface area contributed by atoms with Crippen molar-refractivity contribution in [2.24, 2.45) is 0 Å². The minimum atomic E-state index is -0.112. The SMILES string of the molecule is N#Cc1ccc(-c2ccc(C(=O)Nc3ccc4c(c3)CCN(C3CCC3)CC4)cc2)cn1. The summed E-state index contributed by atoms with van der Waals surface area (Å²) < 4.78 is 0. The Hall–Kier alpha value is -3.49. The largest absolute Gasteiger partial charge is 0.322 e. The van der Waals surface area contributed by atoms with Crippen LogP contribution in [0.15, 0.2) is 60.8 Å². The molecule has 1 aromatic heterocycles. The molecule has 1 aliphatic heterocycles. The third-order valence-electron chi connectivity index (χ3n) is 6.75. The Morgan fingerprint density at radius 2 is 1.72 bits per heavy atom. The van der Waals surface area contributed by atoms with Crippen LogP contribution < -0.4 is 5.32 Å². The zero-order valence-electron chi connectivity index (χ0n) is 18.1. The van der Waals surface area contributed by atoms with Crippen LogP contribution in [0.2, 0.25) is 0 Å². The van der Waals surface area contributed by atoms with Crippen LogP contribution in [0.1, 0.15) is 46.4 Å². The van der Waals surface area contributed by atoms with E-state index in [1.54, 1.807) is 12.3 Å². The summed E-state index contributed by atoms with van der Waals surface area (Å²) in [5.74, 6) is -0.112. The van der Waals surface area contributed by atoms with Crippen molar-refractivity contribution in [1.29, 1.82) is 5.26 Å². The number of nitrogens with one attached hydrogen (secondary N) is 1. The molecule has 2 heterocycles. The van der Waals surface area contributed by atoms with E-state index in [0.29, 0.717) is 11.3 Å². The van der Waals surface area contributed by atoms with Gasteiger partial charge >= 0.3 is 0 Å². The van der Waals surface area contributed by atoms with Crippen molar-refractivity contribution in [3.8, 4) is 17.2 Å². The van der Waals surface area contributed by atoms with Crippen LogP contribution in [0.5, 0.6) is 0 Å². The lowest BCUT2D eigenvalue weighted by atomic mass is 9.91. The molecule has 0 atom stereocenters. The number of hydrogen-bond acceptors (Lipinski definition) is 4. The molecular weight excluding hydrogens is 396 g/mol. The van der Waals surface area contributed by atoms with E-state index >= 15 is 0 Å². The molecule has 5 nitrogen and oxygen atoms in total. The molecule has 0 spiro atoms. The highest BCUT2D eigenvalue weighted by atomic mass is 16.1. The van der Waals surface area contributed by atoms with Crippen LogP contribution in [0, 0.1) is 11.3 Å². The normalized spacial score (nSPS) is 16.3. The van der Waals surface area contributed by atoms with E-state index in [-0.39, 0.29) is 5.91 Å². The first-order valence-corrected chi connectivity index (χ1v) is 11.3. The summed E-state index contributed by atoms with van der Waals surface area (Å²) in [5, 5.41) is 11.9. The van der Waals surface area contributed by atoms with Crippen molar-refractivity contribution in [2.75, 3.05) is 18.4 Å². The predicted octanol–water partition coefficient (Wildman–Crippen LogP) is 4.83. The topological polar surface area (TPSA) is 69.0 Å². The van der Waals surface area contributed by atoms with Crippen LogP contribution in [0.4, 0.5) is 5.69 Å². The second-order valence-electron chi connectivity index (χ2n) is 8.68. The zero-order valence-corrected chi connectivity index (χ0v) is 18.1. The number of fused-ring (bicyclic) bond motifs is 1. The number of nitrogens with zero attached hydrogens (tertiary/aromatic N) is 3. The average Bonchev–Trinajstić information content (AvgIpc) is 3.00. The van der Waals surface area contributed by atoms with Gasteiger partial charge < -0.3 is 5.32 Å². The third kappa shape index (κ3) is 4.28. The lowest BCUT2D eigenvalue weighted by Crippen LogP contribution is -2.41. The molecule has 2 aliphatic rings. The van der Waals surface area contributed by atoms with Crippen LogP contribution >= 0.6 is 0 Å². The molecule has 3 aromatic rings. The molecule has 32 heavy (non-hydrogen) atoms. The number of rotatable bonds is 4. The second-order valence-corrected chi connectivity index (χ2v) is 8.68. The first-order chi connectivity index (χ1) is 15.7. The fraction of sp³-hybridized carbons (Fsp3) is 0.296. The first kappa shape index (κ1) is 20.4. The summed E-state index contributed by atoms with van der Waals surface area (Å²) >= 11 is 0. The fourth-order valence-electron chi connectivity index (χ4n) is 4.59. The third-order valence-corrected chi connectivity index (χ3v) is 6.75. The van der Waals surface area contributed by atoms with E-state index in [4.69, 9.17) is 5.26 Å². The average molecular weight is 423 g/mol. The molecule has 0 bridgehead atoms. The Labute approximate surface area is 188 Å². The molecule has 0 unspecified atom stereocenters. The van der Waals surface area contributed by atoms with Gasteiger partial charge in [-0.1, -0.05) is 24.6 Å². The van der Waals surface area contributed by atoms with Crippen molar-refractivity contribution < 1.29 is 4.79 Å². The van der Waals surface area contributed by atoms with Crippen molar-refractivity contribution in [1.82, 2.24) is 9.88 Å². The minimum Gasteiger partial charge on any atom is -0.322 e. The van der Waals surface area contributed by atoms with Gasteiger partial charge in [0.05, 0.1) is 0 Å². The van der Waals surface area contributed by atoms with E-state index in [0.717, 1.165) is 48.8 Å². The predicted molar refractivity (Wildman–Crippen MR) is 125 cm³/mol. The Balaban J connectivity index is 1.25. The number of amides is 1. The second kappa shape index (κ2) is 8.94. The van der Waals surface area contributed by atoms with Crippen LogP contribution in [0.25, 0.3) is 11.1 Å². The van der Waals surface area contributed by atoms with E-state index in [1.807, 2.05) is 42.5 Å². The van der Waals surface area contributed by atoms with Gasteiger partial charge in [0, 0.05) is 42.1 Å². The maximum Gasteiger partial charge on any atom is 0.255 e. The number of hydrogen-bond donors (Lipinski definition) is 1. The van der Waals surface area contributed by atoms with Crippen molar-refractivity contribution in [3.63, 3.8) is 0 Å². The highest BCUT2D eigenvalue weighted by molar-refractivity contribution is 6.04. The van der Waals surface area contributed by atoms with Gasteiger partial charge in [-0.25, -0.2) is 4.98 Å². The van der Waals surface area contributed by atoms with Gasteiger partial charge in [0.15, 0.2) is 0 Å². The summed E-state index contributed by atoms with van der Waals surface area (Å²) in [6.45, 7) is 2.26. The Morgan fingerprint density at radius 1 is 0.969 bits per heavy atom. The van der Waals surface area contributed by atoms with Gasteiger partial charge in [0.25, 0.3) is 5.91 Å². The molecule has 1 fully saturated rings. The Morgan fingerprint density at radius 3 is 2.38 bits per heavy atom. The lowest BCUT2D eigenvalue weighted by Gasteiger charge is -2.36. The molecule has 160 valence electrons. The van der Waals surface area contributed by atoms with Crippen LogP contribution in [0.3, 0.4) is 0 Å². The lowest BCUT2D eigenvalue weighted by molar-refractivity contribution is 0.102. The summed E-state index contributed by atoms with van der Waals surface area (Å²) in [6, 6.07) is 20.2. The molecule has 0 saturated heterocycles. The number of anilines is 1. The maximum absolute atomic E-state index is 12.8. The monoisotopic (exact) mass is 422 g/mol. The number of carbonyl (C=O) groups excluding carboxylic acids is 1. The van der Waals surface area contributed by atoms with Gasteiger partial charge in [-0.05, 0) is 78.8 Å². The smallest absolute Gasteiger partial charge is 0.255 e. The minimum absolute atomic E-state index is 0.112. The number of pyridine rings is 1. The van der Waals surface area contributed by atoms with Gasteiger partial charge in [0.2, 0.25) is 0 Å². The number of carbonyl (C=O) groups is 1. The van der Waals surface area contributed by atoms with Crippen molar-refractivity contribution in [2.45, 2.75) is 38.1 Å². The number of aromatic nitrogens is 1. The Bertz CT molecular complexity index is 1160. The highest BCUT2D eigenvalue weighted by Crippen LogP contribution is 2.28. The molecule has 1 N–H and O–H groups in total. The van der Waals surface area contributed by atoms with E-state index in [1.165, 1.54) is 30.4 Å². The quantitative estimate of drug-likeness (QED) is 0.654. The molecule has 0 radical (unpaired) electrons. The van der Waals surface area contributed by atoms with Crippen molar-refractivity contribution >= 4 is 11.6 Å².